The smallest absolute Gasteiger partial charge is 0.0367 e. The molecule has 1 N–H and O–H groups in total. The summed E-state index contributed by atoms with van der Waals surface area (Å²) in [5.74, 6) is 0. The van der Waals surface area contributed by atoms with E-state index >= 15 is 0 Å². The first kappa shape index (κ1) is 12.8. The van der Waals surface area contributed by atoms with E-state index < -0.39 is 0 Å². The van der Waals surface area contributed by atoms with Crippen molar-refractivity contribution in [1.82, 2.24) is 0 Å². The summed E-state index contributed by atoms with van der Waals surface area (Å²) in [6, 6.07) is 9.68. The van der Waals surface area contributed by atoms with E-state index in [1.165, 1.54) is 56.6 Å². The monoisotopic (exact) mass is 258 g/mol. The zero-order valence-corrected chi connectivity index (χ0v) is 12.3. The normalized spacial score (nSPS) is 25.8. The summed E-state index contributed by atoms with van der Waals surface area (Å²) in [4.78, 5) is 2.49. The molecule has 2 fully saturated rings. The summed E-state index contributed by atoms with van der Waals surface area (Å²) >= 11 is 0. The molecule has 1 heterocycles. The van der Waals surface area contributed by atoms with Crippen LogP contribution in [-0.2, 0) is 0 Å². The first-order chi connectivity index (χ1) is 9.15. The van der Waals surface area contributed by atoms with Crippen LogP contribution < -0.4 is 10.2 Å². The molecule has 19 heavy (non-hydrogen) atoms. The Labute approximate surface area is 117 Å². The van der Waals surface area contributed by atoms with Crippen LogP contribution in [0.1, 0.15) is 46.0 Å². The quantitative estimate of drug-likeness (QED) is 0.870. The molecule has 0 spiro atoms. The van der Waals surface area contributed by atoms with Crippen molar-refractivity contribution in [3.63, 3.8) is 0 Å². The van der Waals surface area contributed by atoms with Crippen LogP contribution >= 0.6 is 0 Å². The Balaban J connectivity index is 1.65. The van der Waals surface area contributed by atoms with Crippen LogP contribution in [0.2, 0.25) is 0 Å². The molecule has 0 radical (unpaired) electrons. The Bertz CT molecular complexity index is 415. The van der Waals surface area contributed by atoms with Gasteiger partial charge in [-0.05, 0) is 55.4 Å². The molecule has 1 aliphatic heterocycles. The van der Waals surface area contributed by atoms with Crippen molar-refractivity contribution in [1.29, 1.82) is 0 Å². The van der Waals surface area contributed by atoms with Crippen molar-refractivity contribution in [3.8, 4) is 0 Å². The third kappa shape index (κ3) is 2.72. The molecule has 0 aromatic heterocycles. The molecule has 1 saturated carbocycles. The van der Waals surface area contributed by atoms with Gasteiger partial charge in [-0.3, -0.25) is 0 Å². The van der Waals surface area contributed by atoms with Gasteiger partial charge in [0.1, 0.15) is 0 Å². The van der Waals surface area contributed by atoms with Gasteiger partial charge in [-0.2, -0.15) is 0 Å². The summed E-state index contributed by atoms with van der Waals surface area (Å²) in [5.41, 5.74) is 3.10. The average molecular weight is 258 g/mol. The van der Waals surface area contributed by atoms with E-state index in [2.05, 4.69) is 48.3 Å². The van der Waals surface area contributed by atoms with E-state index in [0.717, 1.165) is 0 Å². The highest BCUT2D eigenvalue weighted by Gasteiger charge is 2.34. The van der Waals surface area contributed by atoms with E-state index in [9.17, 15) is 0 Å². The van der Waals surface area contributed by atoms with Crippen molar-refractivity contribution in [2.24, 2.45) is 5.41 Å². The number of nitrogens with one attached hydrogen (secondary N) is 1. The van der Waals surface area contributed by atoms with Gasteiger partial charge in [-0.15, -0.1) is 0 Å². The maximum Gasteiger partial charge on any atom is 0.0367 e. The molecule has 1 unspecified atom stereocenters. The molecule has 0 bridgehead atoms. The van der Waals surface area contributed by atoms with Crippen LogP contribution in [0.5, 0.6) is 0 Å². The van der Waals surface area contributed by atoms with Crippen molar-refractivity contribution < 1.29 is 0 Å². The number of rotatable bonds is 3. The molecule has 104 valence electrons. The van der Waals surface area contributed by atoms with E-state index in [4.69, 9.17) is 0 Å². The average Bonchev–Trinajstić information content (AvgIpc) is 3.01. The number of anilines is 2. The van der Waals surface area contributed by atoms with Crippen molar-refractivity contribution >= 4 is 11.4 Å². The summed E-state index contributed by atoms with van der Waals surface area (Å²) in [6.45, 7) is 7.22. The lowest BCUT2D eigenvalue weighted by Crippen LogP contribution is -2.30. The van der Waals surface area contributed by atoms with Crippen LogP contribution in [0.3, 0.4) is 0 Å². The number of benzene rings is 1. The molecule has 1 atom stereocenters. The molecule has 3 rings (SSSR count). The standard InChI is InChI=1S/C17H26N2/c1-17(2)11-5-6-16(17)18-14-7-9-15(10-8-14)19-12-3-4-13-19/h7-10,16,18H,3-6,11-13H2,1-2H3. The van der Waals surface area contributed by atoms with Gasteiger partial charge in [0, 0.05) is 30.5 Å². The molecule has 2 nitrogen and oxygen atoms in total. The minimum atomic E-state index is 0.438. The molecular formula is C17H26N2. The van der Waals surface area contributed by atoms with Crippen LogP contribution in [0.4, 0.5) is 11.4 Å². The van der Waals surface area contributed by atoms with E-state index in [0.29, 0.717) is 11.5 Å². The first-order valence-corrected chi connectivity index (χ1v) is 7.77. The number of hydrogen-bond donors (Lipinski definition) is 1. The lowest BCUT2D eigenvalue weighted by Gasteiger charge is -2.29. The molecule has 2 heteroatoms. The van der Waals surface area contributed by atoms with Gasteiger partial charge in [0.15, 0.2) is 0 Å². The van der Waals surface area contributed by atoms with Crippen LogP contribution in [0.25, 0.3) is 0 Å². The second-order valence-electron chi connectivity index (χ2n) is 6.82. The Morgan fingerprint density at radius 2 is 1.74 bits per heavy atom. The lowest BCUT2D eigenvalue weighted by molar-refractivity contribution is 0.350. The summed E-state index contributed by atoms with van der Waals surface area (Å²) in [6.07, 6.45) is 6.69. The van der Waals surface area contributed by atoms with Crippen molar-refractivity contribution in [3.05, 3.63) is 24.3 Å². The van der Waals surface area contributed by atoms with Crippen LogP contribution in [0, 0.1) is 5.41 Å². The van der Waals surface area contributed by atoms with E-state index in [-0.39, 0.29) is 0 Å². The zero-order chi connectivity index (χ0) is 13.3. The summed E-state index contributed by atoms with van der Waals surface area (Å²) < 4.78 is 0. The van der Waals surface area contributed by atoms with E-state index in [1.54, 1.807) is 0 Å². The fourth-order valence-electron chi connectivity index (χ4n) is 3.54. The number of nitrogens with zero attached hydrogens (tertiary/aromatic N) is 1. The predicted octanol–water partition coefficient (Wildman–Crippen LogP) is 4.28. The van der Waals surface area contributed by atoms with Gasteiger partial charge in [0.25, 0.3) is 0 Å². The summed E-state index contributed by atoms with van der Waals surface area (Å²) in [5, 5.41) is 3.73. The van der Waals surface area contributed by atoms with Gasteiger partial charge in [-0.25, -0.2) is 0 Å². The highest BCUT2D eigenvalue weighted by atomic mass is 15.1. The molecule has 1 aliphatic carbocycles. The Morgan fingerprint density at radius 1 is 1.05 bits per heavy atom. The predicted molar refractivity (Wildman–Crippen MR) is 82.9 cm³/mol. The highest BCUT2D eigenvalue weighted by Crippen LogP contribution is 2.39. The topological polar surface area (TPSA) is 15.3 Å². The van der Waals surface area contributed by atoms with Crippen molar-refractivity contribution in [2.75, 3.05) is 23.3 Å². The second-order valence-corrected chi connectivity index (χ2v) is 6.82. The Morgan fingerprint density at radius 3 is 2.32 bits per heavy atom. The fraction of sp³-hybridized carbons (Fsp3) is 0.647. The minimum absolute atomic E-state index is 0.438. The largest absolute Gasteiger partial charge is 0.382 e. The molecule has 0 amide bonds. The Kier molecular flexibility index (Phi) is 3.42. The van der Waals surface area contributed by atoms with Gasteiger partial charge >= 0.3 is 0 Å². The lowest BCUT2D eigenvalue weighted by atomic mass is 9.87. The van der Waals surface area contributed by atoms with Gasteiger partial charge in [-0.1, -0.05) is 20.3 Å². The maximum absolute atomic E-state index is 3.73. The molecule has 1 saturated heterocycles. The van der Waals surface area contributed by atoms with Crippen molar-refractivity contribution in [2.45, 2.75) is 52.0 Å². The third-order valence-electron chi connectivity index (χ3n) is 4.94. The van der Waals surface area contributed by atoms with Crippen LogP contribution in [-0.4, -0.2) is 19.1 Å². The molecule has 2 aliphatic rings. The van der Waals surface area contributed by atoms with E-state index in [1.807, 2.05) is 0 Å². The second kappa shape index (κ2) is 5.07. The van der Waals surface area contributed by atoms with Crippen LogP contribution in [0.15, 0.2) is 24.3 Å². The fourth-order valence-corrected chi connectivity index (χ4v) is 3.54. The van der Waals surface area contributed by atoms with Gasteiger partial charge in [0.2, 0.25) is 0 Å². The van der Waals surface area contributed by atoms with Gasteiger partial charge < -0.3 is 10.2 Å². The molecule has 1 aromatic rings. The molecular weight excluding hydrogens is 232 g/mol. The molecule has 1 aromatic carbocycles. The Hall–Kier alpha value is -1.18. The minimum Gasteiger partial charge on any atom is -0.382 e. The third-order valence-corrected chi connectivity index (χ3v) is 4.94. The highest BCUT2D eigenvalue weighted by molar-refractivity contribution is 5.56. The maximum atomic E-state index is 3.73. The number of hydrogen-bond acceptors (Lipinski definition) is 2. The van der Waals surface area contributed by atoms with Gasteiger partial charge in [0.05, 0.1) is 0 Å². The SMILES string of the molecule is CC1(C)CCCC1Nc1ccc(N2CCCC2)cc1. The first-order valence-electron chi connectivity index (χ1n) is 7.77. The summed E-state index contributed by atoms with van der Waals surface area (Å²) in [7, 11) is 0. The zero-order valence-electron chi connectivity index (χ0n) is 12.3.